The van der Waals surface area contributed by atoms with Gasteiger partial charge in [-0.1, -0.05) is 31.6 Å². The largest absolute Gasteiger partial charge is 0.504 e. The Balaban J connectivity index is 1.89. The van der Waals surface area contributed by atoms with Crippen LogP contribution in [-0.4, -0.2) is 43.5 Å². The SMILES string of the molecule is COCCOc1cc2ncnc(Nc3cccc(C#C[Si](C)(C)C)c3)c2cc1O. The molecule has 0 unspecified atom stereocenters. The summed E-state index contributed by atoms with van der Waals surface area (Å²) in [6.45, 7) is 7.43. The van der Waals surface area contributed by atoms with Crippen molar-refractivity contribution in [3.8, 4) is 23.0 Å². The Morgan fingerprint density at radius 3 is 2.69 bits per heavy atom. The molecule has 7 heteroatoms. The first-order valence-electron chi connectivity index (χ1n) is 9.35. The number of aromatic hydroxyl groups is 1. The van der Waals surface area contributed by atoms with Gasteiger partial charge < -0.3 is 19.9 Å². The third-order valence-corrected chi connectivity index (χ3v) is 4.84. The molecule has 0 aliphatic heterocycles. The molecule has 150 valence electrons. The minimum Gasteiger partial charge on any atom is -0.504 e. The lowest BCUT2D eigenvalue weighted by molar-refractivity contribution is 0.144. The van der Waals surface area contributed by atoms with E-state index in [0.29, 0.717) is 35.7 Å². The summed E-state index contributed by atoms with van der Waals surface area (Å²) in [5.74, 6) is 4.25. The molecular weight excluding hydrogens is 382 g/mol. The molecule has 0 aliphatic carbocycles. The van der Waals surface area contributed by atoms with Gasteiger partial charge in [-0.25, -0.2) is 9.97 Å². The van der Waals surface area contributed by atoms with Crippen LogP contribution in [0.2, 0.25) is 19.6 Å². The number of benzene rings is 2. The number of anilines is 2. The lowest BCUT2D eigenvalue weighted by Crippen LogP contribution is -2.16. The van der Waals surface area contributed by atoms with Gasteiger partial charge in [0.15, 0.2) is 11.5 Å². The first-order chi connectivity index (χ1) is 13.9. The van der Waals surface area contributed by atoms with Gasteiger partial charge in [-0.2, -0.15) is 0 Å². The molecule has 0 atom stereocenters. The molecule has 3 rings (SSSR count). The van der Waals surface area contributed by atoms with E-state index in [2.05, 4.69) is 46.4 Å². The van der Waals surface area contributed by atoms with Crippen LogP contribution in [0.15, 0.2) is 42.7 Å². The highest BCUT2D eigenvalue weighted by atomic mass is 28.3. The Hall–Kier alpha value is -3.08. The normalized spacial score (nSPS) is 11.0. The molecule has 0 fully saturated rings. The lowest BCUT2D eigenvalue weighted by Gasteiger charge is -2.12. The summed E-state index contributed by atoms with van der Waals surface area (Å²) in [7, 11) is 0.156. The summed E-state index contributed by atoms with van der Waals surface area (Å²) in [6.07, 6.45) is 1.48. The summed E-state index contributed by atoms with van der Waals surface area (Å²) < 4.78 is 10.5. The van der Waals surface area contributed by atoms with Gasteiger partial charge in [0, 0.05) is 29.8 Å². The maximum Gasteiger partial charge on any atom is 0.163 e. The molecule has 2 N–H and O–H groups in total. The third kappa shape index (κ3) is 5.70. The van der Waals surface area contributed by atoms with Crippen molar-refractivity contribution in [1.29, 1.82) is 0 Å². The molecule has 1 heterocycles. The van der Waals surface area contributed by atoms with E-state index in [4.69, 9.17) is 9.47 Å². The third-order valence-electron chi connectivity index (χ3n) is 3.97. The summed E-state index contributed by atoms with van der Waals surface area (Å²) in [6, 6.07) is 11.2. The molecule has 2 aromatic carbocycles. The Morgan fingerprint density at radius 2 is 1.93 bits per heavy atom. The Bertz CT molecular complexity index is 1070. The fraction of sp³-hybridized carbons (Fsp3) is 0.273. The predicted octanol–water partition coefficient (Wildman–Crippen LogP) is 4.33. The molecule has 0 saturated heterocycles. The highest BCUT2D eigenvalue weighted by Crippen LogP contribution is 2.33. The fourth-order valence-corrected chi connectivity index (χ4v) is 3.11. The minimum absolute atomic E-state index is 0.0289. The van der Waals surface area contributed by atoms with Crippen molar-refractivity contribution in [3.05, 3.63) is 48.3 Å². The first-order valence-corrected chi connectivity index (χ1v) is 12.9. The van der Waals surface area contributed by atoms with E-state index in [9.17, 15) is 5.11 Å². The van der Waals surface area contributed by atoms with Crippen molar-refractivity contribution in [1.82, 2.24) is 9.97 Å². The maximum absolute atomic E-state index is 10.3. The Morgan fingerprint density at radius 1 is 1.10 bits per heavy atom. The number of phenols is 1. The van der Waals surface area contributed by atoms with Gasteiger partial charge in [0.1, 0.15) is 26.8 Å². The second kappa shape index (κ2) is 8.95. The average molecular weight is 408 g/mol. The van der Waals surface area contributed by atoms with Crippen LogP contribution in [0, 0.1) is 11.5 Å². The number of hydrogen-bond donors (Lipinski definition) is 2. The molecular formula is C22H25N3O3Si. The fourth-order valence-electron chi connectivity index (χ4n) is 2.59. The molecule has 0 saturated carbocycles. The van der Waals surface area contributed by atoms with Crippen molar-refractivity contribution in [3.63, 3.8) is 0 Å². The molecule has 0 radical (unpaired) electrons. The summed E-state index contributed by atoms with van der Waals surface area (Å²) >= 11 is 0. The number of aromatic nitrogens is 2. The number of rotatable bonds is 6. The van der Waals surface area contributed by atoms with Gasteiger partial charge in [-0.15, -0.1) is 5.54 Å². The summed E-state index contributed by atoms with van der Waals surface area (Å²) in [5.41, 5.74) is 5.86. The van der Waals surface area contributed by atoms with Crippen LogP contribution in [-0.2, 0) is 4.74 Å². The predicted molar refractivity (Wildman–Crippen MR) is 119 cm³/mol. The number of phenolic OH excluding ortho intramolecular Hbond substituents is 1. The number of hydrogen-bond acceptors (Lipinski definition) is 6. The van der Waals surface area contributed by atoms with E-state index in [-0.39, 0.29) is 5.75 Å². The zero-order valence-corrected chi connectivity index (χ0v) is 18.1. The van der Waals surface area contributed by atoms with E-state index < -0.39 is 8.07 Å². The second-order valence-corrected chi connectivity index (χ2v) is 12.4. The summed E-state index contributed by atoms with van der Waals surface area (Å²) in [5, 5.41) is 14.3. The molecule has 0 bridgehead atoms. The van der Waals surface area contributed by atoms with Crippen molar-refractivity contribution in [2.24, 2.45) is 0 Å². The van der Waals surface area contributed by atoms with E-state index in [0.717, 1.165) is 11.3 Å². The molecule has 0 aliphatic rings. The van der Waals surface area contributed by atoms with Crippen LogP contribution in [0.25, 0.3) is 10.9 Å². The maximum atomic E-state index is 10.3. The Labute approximate surface area is 171 Å². The van der Waals surface area contributed by atoms with Crippen LogP contribution in [0.4, 0.5) is 11.5 Å². The number of methoxy groups -OCH3 is 1. The van der Waals surface area contributed by atoms with Gasteiger partial charge in [0.05, 0.1) is 12.1 Å². The van der Waals surface area contributed by atoms with Gasteiger partial charge in [-0.3, -0.25) is 0 Å². The highest BCUT2D eigenvalue weighted by molar-refractivity contribution is 6.83. The number of nitrogens with one attached hydrogen (secondary N) is 1. The Kier molecular flexibility index (Phi) is 6.37. The minimum atomic E-state index is -1.44. The van der Waals surface area contributed by atoms with Gasteiger partial charge >= 0.3 is 0 Å². The monoisotopic (exact) mass is 407 g/mol. The molecule has 1 aromatic heterocycles. The van der Waals surface area contributed by atoms with Gasteiger partial charge in [0.25, 0.3) is 0 Å². The molecule has 0 amide bonds. The van der Waals surface area contributed by atoms with Crippen LogP contribution in [0.3, 0.4) is 0 Å². The molecule has 6 nitrogen and oxygen atoms in total. The summed E-state index contributed by atoms with van der Waals surface area (Å²) in [4.78, 5) is 8.64. The van der Waals surface area contributed by atoms with Crippen LogP contribution >= 0.6 is 0 Å². The van der Waals surface area contributed by atoms with Crippen molar-refractivity contribution in [2.45, 2.75) is 19.6 Å². The molecule has 0 spiro atoms. The number of nitrogens with zero attached hydrogens (tertiary/aromatic N) is 2. The number of fused-ring (bicyclic) bond motifs is 1. The zero-order chi connectivity index (χ0) is 20.9. The molecule has 3 aromatic rings. The average Bonchev–Trinajstić information content (AvgIpc) is 2.67. The van der Waals surface area contributed by atoms with Crippen LogP contribution < -0.4 is 10.1 Å². The number of ether oxygens (including phenoxy) is 2. The lowest BCUT2D eigenvalue weighted by atomic mass is 10.2. The standard InChI is InChI=1S/C22H25N3O3Si/c1-27-9-10-28-21-14-19-18(13-20(21)26)22(24-15-23-19)25-17-7-5-6-16(12-17)8-11-29(2,3)4/h5-7,12-15,26H,9-10H2,1-4H3,(H,23,24,25). The quantitative estimate of drug-likeness (QED) is 0.360. The van der Waals surface area contributed by atoms with E-state index >= 15 is 0 Å². The second-order valence-electron chi connectivity index (χ2n) is 7.61. The molecule has 29 heavy (non-hydrogen) atoms. The van der Waals surface area contributed by atoms with E-state index in [1.54, 1.807) is 19.2 Å². The van der Waals surface area contributed by atoms with Crippen molar-refractivity contribution >= 4 is 30.5 Å². The first kappa shape index (κ1) is 20.6. The zero-order valence-electron chi connectivity index (χ0n) is 17.1. The van der Waals surface area contributed by atoms with E-state index in [1.807, 2.05) is 24.3 Å². The van der Waals surface area contributed by atoms with Crippen LogP contribution in [0.5, 0.6) is 11.5 Å². The van der Waals surface area contributed by atoms with Gasteiger partial charge in [-0.05, 0) is 24.3 Å². The smallest absolute Gasteiger partial charge is 0.163 e. The van der Waals surface area contributed by atoms with Crippen molar-refractivity contribution < 1.29 is 14.6 Å². The van der Waals surface area contributed by atoms with Gasteiger partial charge in [0.2, 0.25) is 0 Å². The van der Waals surface area contributed by atoms with Crippen LogP contribution in [0.1, 0.15) is 5.56 Å². The van der Waals surface area contributed by atoms with E-state index in [1.165, 1.54) is 6.33 Å². The van der Waals surface area contributed by atoms with Crippen molar-refractivity contribution in [2.75, 3.05) is 25.6 Å². The topological polar surface area (TPSA) is 76.5 Å². The highest BCUT2D eigenvalue weighted by Gasteiger charge is 2.11.